The van der Waals surface area contributed by atoms with Crippen molar-refractivity contribution in [3.63, 3.8) is 0 Å². The lowest BCUT2D eigenvalue weighted by molar-refractivity contribution is 0.316. The van der Waals surface area contributed by atoms with E-state index in [0.29, 0.717) is 34.5 Å². The standard InChI is InChI=1S/C23H32N4O3/c1-6-26(7-2)10-9-25-18-14-19-16(13-17(18)24)23(28)22-20(27(19)8-3)11-15(29-4)12-21(22)30-5/h11-14,25H,6-10,24H2,1-5H3. The van der Waals surface area contributed by atoms with Crippen LogP contribution in [0.2, 0.25) is 0 Å². The number of aryl methyl sites for hydroxylation is 1. The molecule has 0 radical (unpaired) electrons. The summed E-state index contributed by atoms with van der Waals surface area (Å²) < 4.78 is 13.0. The maximum atomic E-state index is 13.4. The van der Waals surface area contributed by atoms with Crippen molar-refractivity contribution in [3.8, 4) is 11.5 Å². The van der Waals surface area contributed by atoms with Gasteiger partial charge in [-0.3, -0.25) is 4.79 Å². The zero-order valence-electron chi connectivity index (χ0n) is 18.5. The van der Waals surface area contributed by atoms with Gasteiger partial charge < -0.3 is 30.0 Å². The highest BCUT2D eigenvalue weighted by Crippen LogP contribution is 2.33. The molecule has 1 heterocycles. The fourth-order valence-electron chi connectivity index (χ4n) is 3.95. The molecule has 0 unspecified atom stereocenters. The van der Waals surface area contributed by atoms with E-state index in [0.717, 1.165) is 42.9 Å². The highest BCUT2D eigenvalue weighted by atomic mass is 16.5. The molecule has 0 atom stereocenters. The monoisotopic (exact) mass is 412 g/mol. The van der Waals surface area contributed by atoms with Gasteiger partial charge in [0.15, 0.2) is 0 Å². The Labute approximate surface area is 177 Å². The third kappa shape index (κ3) is 3.89. The normalized spacial score (nSPS) is 11.4. The number of fused-ring (bicyclic) bond motifs is 2. The van der Waals surface area contributed by atoms with Crippen molar-refractivity contribution in [3.05, 3.63) is 34.5 Å². The minimum absolute atomic E-state index is 0.0920. The number of pyridine rings is 1. The van der Waals surface area contributed by atoms with Crippen LogP contribution >= 0.6 is 0 Å². The summed E-state index contributed by atoms with van der Waals surface area (Å²) in [5.41, 5.74) is 9.24. The van der Waals surface area contributed by atoms with Gasteiger partial charge in [-0.2, -0.15) is 0 Å². The van der Waals surface area contributed by atoms with Crippen LogP contribution in [0.3, 0.4) is 0 Å². The highest BCUT2D eigenvalue weighted by molar-refractivity contribution is 6.00. The van der Waals surface area contributed by atoms with Crippen molar-refractivity contribution in [2.75, 3.05) is 51.4 Å². The molecule has 3 N–H and O–H groups in total. The van der Waals surface area contributed by atoms with E-state index in [-0.39, 0.29) is 5.43 Å². The Bertz CT molecular complexity index is 1100. The van der Waals surface area contributed by atoms with Crippen LogP contribution in [0, 0.1) is 0 Å². The van der Waals surface area contributed by atoms with E-state index in [2.05, 4.69) is 35.6 Å². The molecule has 3 rings (SSSR count). The van der Waals surface area contributed by atoms with Gasteiger partial charge in [-0.15, -0.1) is 0 Å². The van der Waals surface area contributed by atoms with E-state index in [4.69, 9.17) is 15.2 Å². The number of nitrogens with two attached hydrogens (primary N) is 1. The lowest BCUT2D eigenvalue weighted by Crippen LogP contribution is -2.28. The number of benzene rings is 2. The van der Waals surface area contributed by atoms with E-state index in [1.165, 1.54) is 0 Å². The summed E-state index contributed by atoms with van der Waals surface area (Å²) in [5, 5.41) is 4.56. The number of nitrogens with zero attached hydrogens (tertiary/aromatic N) is 2. The van der Waals surface area contributed by atoms with Crippen LogP contribution in [-0.4, -0.2) is 49.9 Å². The Morgan fingerprint density at radius 3 is 2.37 bits per heavy atom. The summed E-state index contributed by atoms with van der Waals surface area (Å²) >= 11 is 0. The first-order valence-corrected chi connectivity index (χ1v) is 10.5. The largest absolute Gasteiger partial charge is 0.497 e. The molecule has 0 spiro atoms. The molecule has 0 saturated heterocycles. The number of hydrogen-bond donors (Lipinski definition) is 2. The predicted molar refractivity (Wildman–Crippen MR) is 125 cm³/mol. The van der Waals surface area contributed by atoms with Crippen LogP contribution in [0.15, 0.2) is 29.1 Å². The molecular weight excluding hydrogens is 380 g/mol. The van der Waals surface area contributed by atoms with Gasteiger partial charge >= 0.3 is 0 Å². The van der Waals surface area contributed by atoms with Gasteiger partial charge in [0, 0.05) is 37.2 Å². The molecule has 0 amide bonds. The van der Waals surface area contributed by atoms with Crippen LogP contribution in [0.1, 0.15) is 20.8 Å². The predicted octanol–water partition coefficient (Wildman–Crippen LogP) is 3.53. The third-order valence-corrected chi connectivity index (χ3v) is 5.69. The summed E-state index contributed by atoms with van der Waals surface area (Å²) in [4.78, 5) is 15.7. The van der Waals surface area contributed by atoms with Gasteiger partial charge in [0.05, 0.1) is 42.0 Å². The Hall–Kier alpha value is -2.93. The summed E-state index contributed by atoms with van der Waals surface area (Å²) in [5.74, 6) is 1.15. The second kappa shape index (κ2) is 9.26. The average molecular weight is 413 g/mol. The Balaban J connectivity index is 2.18. The zero-order chi connectivity index (χ0) is 21.8. The number of anilines is 2. The fraction of sp³-hybridized carbons (Fsp3) is 0.435. The molecule has 0 aliphatic heterocycles. The van der Waals surface area contributed by atoms with Crippen molar-refractivity contribution < 1.29 is 9.47 Å². The molecule has 7 heteroatoms. The molecular formula is C23H32N4O3. The number of ether oxygens (including phenoxy) is 2. The van der Waals surface area contributed by atoms with E-state index >= 15 is 0 Å². The quantitative estimate of drug-likeness (QED) is 0.413. The fourth-order valence-corrected chi connectivity index (χ4v) is 3.95. The average Bonchev–Trinajstić information content (AvgIpc) is 2.77. The first-order valence-electron chi connectivity index (χ1n) is 10.5. The smallest absolute Gasteiger partial charge is 0.201 e. The summed E-state index contributed by atoms with van der Waals surface area (Å²) in [6.45, 7) is 10.8. The van der Waals surface area contributed by atoms with Crippen molar-refractivity contribution in [2.24, 2.45) is 0 Å². The Morgan fingerprint density at radius 1 is 1.03 bits per heavy atom. The highest BCUT2D eigenvalue weighted by Gasteiger charge is 2.17. The number of likely N-dealkylation sites (N-methyl/N-ethyl adjacent to an activating group) is 1. The maximum Gasteiger partial charge on any atom is 0.201 e. The number of nitrogens with one attached hydrogen (secondary N) is 1. The van der Waals surface area contributed by atoms with Crippen molar-refractivity contribution in [2.45, 2.75) is 27.3 Å². The molecule has 0 bridgehead atoms. The number of rotatable bonds is 9. The minimum Gasteiger partial charge on any atom is -0.497 e. The van der Waals surface area contributed by atoms with Crippen molar-refractivity contribution in [1.29, 1.82) is 0 Å². The second-order valence-electron chi connectivity index (χ2n) is 7.21. The SMILES string of the molecule is CCN(CC)CCNc1cc2c(cc1N)c(=O)c1c(OC)cc(OC)cc1n2CC. The second-order valence-corrected chi connectivity index (χ2v) is 7.21. The molecule has 3 aromatic rings. The van der Waals surface area contributed by atoms with Crippen LogP contribution in [-0.2, 0) is 6.54 Å². The molecule has 0 aliphatic carbocycles. The van der Waals surface area contributed by atoms with Crippen LogP contribution < -0.4 is 26.0 Å². The third-order valence-electron chi connectivity index (χ3n) is 5.69. The van der Waals surface area contributed by atoms with E-state index in [9.17, 15) is 4.79 Å². The lowest BCUT2D eigenvalue weighted by Gasteiger charge is -2.20. The summed E-state index contributed by atoms with van der Waals surface area (Å²) in [6.07, 6.45) is 0. The Kier molecular flexibility index (Phi) is 6.72. The van der Waals surface area contributed by atoms with E-state index in [1.807, 2.05) is 12.1 Å². The minimum atomic E-state index is -0.0920. The number of nitrogen functional groups attached to an aromatic ring is 1. The molecule has 7 nitrogen and oxygen atoms in total. The maximum absolute atomic E-state index is 13.4. The molecule has 0 saturated carbocycles. The van der Waals surface area contributed by atoms with Gasteiger partial charge in [0.25, 0.3) is 0 Å². The number of methoxy groups -OCH3 is 2. The summed E-state index contributed by atoms with van der Waals surface area (Å²) in [7, 11) is 3.17. The van der Waals surface area contributed by atoms with Crippen LogP contribution in [0.4, 0.5) is 11.4 Å². The zero-order valence-corrected chi connectivity index (χ0v) is 18.5. The lowest BCUT2D eigenvalue weighted by atomic mass is 10.1. The van der Waals surface area contributed by atoms with E-state index < -0.39 is 0 Å². The van der Waals surface area contributed by atoms with E-state index in [1.54, 1.807) is 26.4 Å². The number of hydrogen-bond acceptors (Lipinski definition) is 6. The Morgan fingerprint density at radius 2 is 1.77 bits per heavy atom. The van der Waals surface area contributed by atoms with Gasteiger partial charge in [-0.1, -0.05) is 13.8 Å². The van der Waals surface area contributed by atoms with Gasteiger partial charge in [0.2, 0.25) is 5.43 Å². The molecule has 0 fully saturated rings. The van der Waals surface area contributed by atoms with Crippen LogP contribution in [0.5, 0.6) is 11.5 Å². The van der Waals surface area contributed by atoms with Gasteiger partial charge in [-0.25, -0.2) is 0 Å². The first kappa shape index (κ1) is 21.8. The first-order chi connectivity index (χ1) is 14.5. The van der Waals surface area contributed by atoms with Crippen molar-refractivity contribution >= 4 is 33.2 Å². The van der Waals surface area contributed by atoms with Crippen molar-refractivity contribution in [1.82, 2.24) is 9.47 Å². The molecule has 162 valence electrons. The number of aromatic nitrogens is 1. The molecule has 1 aromatic heterocycles. The van der Waals surface area contributed by atoms with Gasteiger partial charge in [0.1, 0.15) is 11.5 Å². The summed E-state index contributed by atoms with van der Waals surface area (Å²) in [6, 6.07) is 7.37. The molecule has 0 aliphatic rings. The topological polar surface area (TPSA) is 81.8 Å². The molecule has 2 aromatic carbocycles. The van der Waals surface area contributed by atoms with Crippen LogP contribution in [0.25, 0.3) is 21.8 Å². The van der Waals surface area contributed by atoms with Gasteiger partial charge in [-0.05, 0) is 32.1 Å². The molecule has 30 heavy (non-hydrogen) atoms.